The lowest BCUT2D eigenvalue weighted by Crippen LogP contribution is -2.09. The van der Waals surface area contributed by atoms with Gasteiger partial charge in [-0.15, -0.1) is 0 Å². The summed E-state index contributed by atoms with van der Waals surface area (Å²) < 4.78 is 38.0. The highest BCUT2D eigenvalue weighted by Gasteiger charge is 2.35. The molecule has 1 aromatic rings. The van der Waals surface area contributed by atoms with Gasteiger partial charge in [-0.1, -0.05) is 6.92 Å². The fourth-order valence-electron chi connectivity index (χ4n) is 1.14. The molecule has 0 amide bonds. The topological polar surface area (TPSA) is 17.8 Å². The van der Waals surface area contributed by atoms with E-state index in [-0.39, 0.29) is 5.56 Å². The summed E-state index contributed by atoms with van der Waals surface area (Å²) in [7, 11) is 0. The van der Waals surface area contributed by atoms with E-state index >= 15 is 0 Å². The summed E-state index contributed by atoms with van der Waals surface area (Å²) in [5.74, 6) is 0. The van der Waals surface area contributed by atoms with Crippen LogP contribution in [0.1, 0.15) is 24.6 Å². The Morgan fingerprint density at radius 1 is 1.46 bits per heavy atom. The molecule has 2 nitrogen and oxygen atoms in total. The molecule has 0 aromatic carbocycles. The summed E-state index contributed by atoms with van der Waals surface area (Å²) in [4.78, 5) is 0. The first-order chi connectivity index (χ1) is 5.95. The first kappa shape index (κ1) is 10.1. The molecule has 1 aromatic heterocycles. The molecule has 0 unspecified atom stereocenters. The minimum atomic E-state index is -4.33. The number of alkyl halides is 3. The van der Waals surface area contributed by atoms with Gasteiger partial charge in [-0.3, -0.25) is 4.68 Å². The highest BCUT2D eigenvalue weighted by molar-refractivity contribution is 5.17. The Balaban J connectivity index is 2.96. The summed E-state index contributed by atoms with van der Waals surface area (Å²) in [6, 6.07) is 0. The zero-order valence-electron chi connectivity index (χ0n) is 7.52. The molecule has 0 fully saturated rings. The molecule has 0 saturated carbocycles. The molecule has 1 heterocycles. The van der Waals surface area contributed by atoms with Gasteiger partial charge in [0.25, 0.3) is 0 Å². The molecule has 0 saturated heterocycles. The highest BCUT2D eigenvalue weighted by atomic mass is 19.4. The number of rotatable bonds is 2. The molecule has 0 bridgehead atoms. The average molecular weight is 192 g/mol. The summed E-state index contributed by atoms with van der Waals surface area (Å²) in [5.41, 5.74) is -0.595. The molecule has 0 radical (unpaired) electrons. The van der Waals surface area contributed by atoms with Crippen molar-refractivity contribution in [2.24, 2.45) is 0 Å². The molecule has 13 heavy (non-hydrogen) atoms. The van der Waals surface area contributed by atoms with Crippen LogP contribution in [0.3, 0.4) is 0 Å². The Hall–Kier alpha value is -1.00. The fourth-order valence-corrected chi connectivity index (χ4v) is 1.14. The molecule has 74 valence electrons. The first-order valence-electron chi connectivity index (χ1n) is 4.06. The van der Waals surface area contributed by atoms with E-state index in [4.69, 9.17) is 0 Å². The fraction of sp³-hybridized carbons (Fsp3) is 0.625. The lowest BCUT2D eigenvalue weighted by molar-refractivity contribution is -0.141. The molecular formula is C8H11F3N2. The van der Waals surface area contributed by atoms with Crippen LogP contribution in [-0.4, -0.2) is 9.78 Å². The zero-order valence-corrected chi connectivity index (χ0v) is 7.52. The molecule has 0 aliphatic heterocycles. The molecule has 1 rings (SSSR count). The Labute approximate surface area is 74.4 Å². The molecule has 5 heteroatoms. The number of hydrogen-bond donors (Lipinski definition) is 0. The van der Waals surface area contributed by atoms with Gasteiger partial charge in [0.05, 0.1) is 0 Å². The van der Waals surface area contributed by atoms with Crippen molar-refractivity contribution in [1.82, 2.24) is 9.78 Å². The van der Waals surface area contributed by atoms with Crippen molar-refractivity contribution in [3.05, 3.63) is 17.5 Å². The maximum atomic E-state index is 12.2. The van der Waals surface area contributed by atoms with Gasteiger partial charge in [0.1, 0.15) is 0 Å². The lowest BCUT2D eigenvalue weighted by Gasteiger charge is -2.02. The van der Waals surface area contributed by atoms with Crippen LogP contribution in [-0.2, 0) is 12.7 Å². The normalized spacial score (nSPS) is 12.1. The second-order valence-electron chi connectivity index (χ2n) is 2.92. The van der Waals surface area contributed by atoms with E-state index in [1.54, 1.807) is 0 Å². The van der Waals surface area contributed by atoms with Crippen LogP contribution >= 0.6 is 0 Å². The van der Waals surface area contributed by atoms with Crippen LogP contribution in [0, 0.1) is 6.92 Å². The summed E-state index contributed by atoms with van der Waals surface area (Å²) in [6.07, 6.45) is -2.13. The first-order valence-corrected chi connectivity index (χ1v) is 4.06. The number of halogens is 3. The molecule has 0 aliphatic rings. The molecule has 0 aliphatic carbocycles. The van der Waals surface area contributed by atoms with Gasteiger partial charge in [0, 0.05) is 12.7 Å². The molecule has 0 atom stereocenters. The Morgan fingerprint density at radius 3 is 2.46 bits per heavy atom. The van der Waals surface area contributed by atoms with Crippen LogP contribution in [0.15, 0.2) is 6.20 Å². The maximum Gasteiger partial charge on any atom is 0.435 e. The number of hydrogen-bond acceptors (Lipinski definition) is 1. The van der Waals surface area contributed by atoms with Crippen LogP contribution in [0.5, 0.6) is 0 Å². The van der Waals surface area contributed by atoms with E-state index in [1.807, 2.05) is 6.92 Å². The Morgan fingerprint density at radius 2 is 2.08 bits per heavy atom. The average Bonchev–Trinajstić information content (AvgIpc) is 2.30. The second-order valence-corrected chi connectivity index (χ2v) is 2.92. The SMILES string of the molecule is CCCn1cc(C)c(C(F)(F)F)n1. The third-order valence-corrected chi connectivity index (χ3v) is 1.67. The minimum Gasteiger partial charge on any atom is -0.272 e. The number of aromatic nitrogens is 2. The van der Waals surface area contributed by atoms with E-state index < -0.39 is 11.9 Å². The Kier molecular flexibility index (Phi) is 2.63. The summed E-state index contributed by atoms with van der Waals surface area (Å²) in [6.45, 7) is 3.84. The monoisotopic (exact) mass is 192 g/mol. The van der Waals surface area contributed by atoms with Gasteiger partial charge in [-0.05, 0) is 18.9 Å². The zero-order chi connectivity index (χ0) is 10.1. The van der Waals surface area contributed by atoms with Gasteiger partial charge < -0.3 is 0 Å². The standard InChI is InChI=1S/C8H11F3N2/c1-3-4-13-5-6(2)7(12-13)8(9,10)11/h5H,3-4H2,1-2H3. The van der Waals surface area contributed by atoms with E-state index in [0.29, 0.717) is 6.54 Å². The quantitative estimate of drug-likeness (QED) is 0.704. The van der Waals surface area contributed by atoms with Crippen molar-refractivity contribution in [1.29, 1.82) is 0 Å². The lowest BCUT2D eigenvalue weighted by atomic mass is 10.3. The molecule has 0 N–H and O–H groups in total. The predicted octanol–water partition coefficient (Wildman–Crippen LogP) is 2.62. The van der Waals surface area contributed by atoms with Crippen molar-refractivity contribution in [2.45, 2.75) is 33.0 Å². The number of aryl methyl sites for hydroxylation is 2. The second kappa shape index (κ2) is 3.40. The van der Waals surface area contributed by atoms with E-state index in [2.05, 4.69) is 5.10 Å². The predicted molar refractivity (Wildman–Crippen MR) is 42.3 cm³/mol. The van der Waals surface area contributed by atoms with E-state index in [9.17, 15) is 13.2 Å². The van der Waals surface area contributed by atoms with Crippen molar-refractivity contribution in [3.8, 4) is 0 Å². The molecule has 0 spiro atoms. The van der Waals surface area contributed by atoms with Crippen molar-refractivity contribution in [2.75, 3.05) is 0 Å². The van der Waals surface area contributed by atoms with Crippen molar-refractivity contribution >= 4 is 0 Å². The van der Waals surface area contributed by atoms with Crippen molar-refractivity contribution in [3.63, 3.8) is 0 Å². The van der Waals surface area contributed by atoms with E-state index in [0.717, 1.165) is 6.42 Å². The highest BCUT2D eigenvalue weighted by Crippen LogP contribution is 2.30. The van der Waals surface area contributed by atoms with Gasteiger partial charge >= 0.3 is 6.18 Å². The third kappa shape index (κ3) is 2.23. The third-order valence-electron chi connectivity index (χ3n) is 1.67. The number of nitrogens with zero attached hydrogens (tertiary/aromatic N) is 2. The Bertz CT molecular complexity index is 288. The summed E-state index contributed by atoms with van der Waals surface area (Å²) >= 11 is 0. The maximum absolute atomic E-state index is 12.2. The smallest absolute Gasteiger partial charge is 0.272 e. The van der Waals surface area contributed by atoms with Gasteiger partial charge in [0.15, 0.2) is 5.69 Å². The van der Waals surface area contributed by atoms with Gasteiger partial charge in [-0.25, -0.2) is 0 Å². The van der Waals surface area contributed by atoms with Crippen LogP contribution in [0.25, 0.3) is 0 Å². The largest absolute Gasteiger partial charge is 0.435 e. The van der Waals surface area contributed by atoms with Crippen molar-refractivity contribution < 1.29 is 13.2 Å². The minimum absolute atomic E-state index is 0.181. The van der Waals surface area contributed by atoms with Crippen LogP contribution in [0.4, 0.5) is 13.2 Å². The summed E-state index contributed by atoms with van der Waals surface area (Å²) in [5, 5.41) is 3.46. The van der Waals surface area contributed by atoms with Crippen LogP contribution < -0.4 is 0 Å². The van der Waals surface area contributed by atoms with Gasteiger partial charge in [-0.2, -0.15) is 18.3 Å². The van der Waals surface area contributed by atoms with E-state index in [1.165, 1.54) is 17.8 Å². The molecular weight excluding hydrogens is 181 g/mol. The van der Waals surface area contributed by atoms with Gasteiger partial charge in [0.2, 0.25) is 0 Å². The van der Waals surface area contributed by atoms with Crippen LogP contribution in [0.2, 0.25) is 0 Å².